The summed E-state index contributed by atoms with van der Waals surface area (Å²) in [4.78, 5) is 32.4. The molecular weight excluding hydrogens is 416 g/mol. The van der Waals surface area contributed by atoms with E-state index < -0.39 is 0 Å². The largest absolute Gasteiger partial charge is 0.365 e. The molecule has 1 aromatic carbocycles. The maximum Gasteiger partial charge on any atom is 0.267 e. The molecule has 1 saturated heterocycles. The molecule has 1 aliphatic heterocycles. The van der Waals surface area contributed by atoms with Gasteiger partial charge in [0, 0.05) is 19.3 Å². The van der Waals surface area contributed by atoms with Crippen molar-refractivity contribution in [2.75, 3.05) is 11.9 Å². The Morgan fingerprint density at radius 1 is 1.13 bits per heavy atom. The minimum absolute atomic E-state index is 0.239. The first kappa shape index (κ1) is 20.1. The maximum atomic E-state index is 13.2. The number of fused-ring (bicyclic) bond motifs is 1. The lowest BCUT2D eigenvalue weighted by Crippen LogP contribution is -2.28. The van der Waals surface area contributed by atoms with E-state index in [4.69, 9.17) is 12.2 Å². The number of hydrogen-bond donors (Lipinski definition) is 1. The third-order valence-corrected chi connectivity index (χ3v) is 5.91. The quantitative estimate of drug-likeness (QED) is 0.363. The summed E-state index contributed by atoms with van der Waals surface area (Å²) < 4.78 is 1.91. The Balaban J connectivity index is 1.78. The van der Waals surface area contributed by atoms with Crippen molar-refractivity contribution in [3.8, 4) is 0 Å². The monoisotopic (exact) mass is 434 g/mol. The second-order valence-electron chi connectivity index (χ2n) is 6.53. The Morgan fingerprint density at radius 3 is 2.67 bits per heavy atom. The number of rotatable bonds is 6. The Hall–Kier alpha value is -3.23. The van der Waals surface area contributed by atoms with Crippen molar-refractivity contribution in [3.63, 3.8) is 0 Å². The molecule has 1 fully saturated rings. The van der Waals surface area contributed by atoms with E-state index in [1.54, 1.807) is 30.5 Å². The number of nitrogens with one attached hydrogen (secondary N) is 1. The molecule has 3 aromatic rings. The fourth-order valence-corrected chi connectivity index (χ4v) is 4.32. The molecule has 2 aromatic heterocycles. The van der Waals surface area contributed by atoms with Crippen molar-refractivity contribution < 1.29 is 4.79 Å². The summed E-state index contributed by atoms with van der Waals surface area (Å²) in [6.45, 7) is 4.49. The lowest BCUT2D eigenvalue weighted by molar-refractivity contribution is -0.121. The van der Waals surface area contributed by atoms with E-state index in [9.17, 15) is 9.59 Å². The van der Waals surface area contributed by atoms with Gasteiger partial charge in [0.2, 0.25) is 0 Å². The van der Waals surface area contributed by atoms with Crippen molar-refractivity contribution in [1.29, 1.82) is 0 Å². The predicted octanol–water partition coefficient (Wildman–Crippen LogP) is 3.69. The summed E-state index contributed by atoms with van der Waals surface area (Å²) in [6, 6.07) is 15.2. The van der Waals surface area contributed by atoms with Gasteiger partial charge in [-0.05, 0) is 23.8 Å². The molecule has 3 heterocycles. The van der Waals surface area contributed by atoms with Crippen molar-refractivity contribution in [2.24, 2.45) is 0 Å². The number of benzene rings is 1. The number of carbonyl (C=O) groups is 1. The van der Waals surface area contributed by atoms with Crippen LogP contribution in [0.5, 0.6) is 0 Å². The summed E-state index contributed by atoms with van der Waals surface area (Å²) in [5.41, 5.74) is 1.63. The summed E-state index contributed by atoms with van der Waals surface area (Å²) in [5.74, 6) is 0.181. The number of thiocarbonyl (C=S) groups is 1. The van der Waals surface area contributed by atoms with Crippen LogP contribution in [0.15, 0.2) is 77.1 Å². The van der Waals surface area contributed by atoms with Crippen LogP contribution in [0.4, 0.5) is 5.82 Å². The molecule has 0 aliphatic carbocycles. The average Bonchev–Trinajstić information content (AvgIpc) is 3.03. The fraction of sp³-hybridized carbons (Fsp3) is 0.0909. The third kappa shape index (κ3) is 3.92. The van der Waals surface area contributed by atoms with E-state index in [1.807, 2.05) is 36.4 Å². The molecule has 1 amide bonds. The molecular formula is C22H18N4O2S2. The smallest absolute Gasteiger partial charge is 0.267 e. The Bertz CT molecular complexity index is 1230. The molecule has 0 atom stereocenters. The topological polar surface area (TPSA) is 66.7 Å². The van der Waals surface area contributed by atoms with Gasteiger partial charge in [-0.2, -0.15) is 0 Å². The van der Waals surface area contributed by atoms with Crippen LogP contribution >= 0.6 is 24.0 Å². The second kappa shape index (κ2) is 8.64. The summed E-state index contributed by atoms with van der Waals surface area (Å²) in [6.07, 6.45) is 4.85. The number of nitrogens with zero attached hydrogens (tertiary/aromatic N) is 3. The molecule has 30 heavy (non-hydrogen) atoms. The molecule has 6 nitrogen and oxygen atoms in total. The minimum Gasteiger partial charge on any atom is -0.365 e. The average molecular weight is 435 g/mol. The van der Waals surface area contributed by atoms with Crippen molar-refractivity contribution >= 4 is 51.7 Å². The van der Waals surface area contributed by atoms with Crippen LogP contribution in [0.2, 0.25) is 0 Å². The first-order chi connectivity index (χ1) is 14.6. The van der Waals surface area contributed by atoms with Gasteiger partial charge in [-0.25, -0.2) is 4.98 Å². The van der Waals surface area contributed by atoms with Crippen LogP contribution in [0.25, 0.3) is 11.7 Å². The lowest BCUT2D eigenvalue weighted by Gasteiger charge is -2.12. The van der Waals surface area contributed by atoms with Gasteiger partial charge in [0.25, 0.3) is 11.5 Å². The summed E-state index contributed by atoms with van der Waals surface area (Å²) in [5, 5.41) is 3.25. The van der Waals surface area contributed by atoms with Crippen LogP contribution in [-0.2, 0) is 11.3 Å². The number of carbonyl (C=O) groups excluding carboxylic acids is 1. The van der Waals surface area contributed by atoms with Gasteiger partial charge in [-0.3, -0.25) is 18.9 Å². The first-order valence-corrected chi connectivity index (χ1v) is 10.5. The molecule has 150 valence electrons. The van der Waals surface area contributed by atoms with E-state index in [0.717, 1.165) is 5.56 Å². The molecule has 1 N–H and O–H groups in total. The third-order valence-electron chi connectivity index (χ3n) is 4.53. The molecule has 4 rings (SSSR count). The number of amides is 1. The van der Waals surface area contributed by atoms with Gasteiger partial charge in [-0.1, -0.05) is 66.5 Å². The normalized spacial score (nSPS) is 15.2. The van der Waals surface area contributed by atoms with Crippen molar-refractivity contribution in [1.82, 2.24) is 14.3 Å². The maximum absolute atomic E-state index is 13.2. The van der Waals surface area contributed by atoms with Crippen LogP contribution in [0, 0.1) is 0 Å². The SMILES string of the molecule is C=CCN1C(=O)/C(=C/c2c(NCc3ccccc3)nc3ccccn3c2=O)SC1=S. The number of thioether (sulfide) groups is 1. The number of hydrogen-bond acceptors (Lipinski definition) is 6. The van der Waals surface area contributed by atoms with Gasteiger partial charge in [-0.15, -0.1) is 6.58 Å². The van der Waals surface area contributed by atoms with Crippen LogP contribution in [-0.4, -0.2) is 31.1 Å². The first-order valence-electron chi connectivity index (χ1n) is 9.24. The fourth-order valence-electron chi connectivity index (χ4n) is 3.07. The molecule has 0 unspecified atom stereocenters. The van der Waals surface area contributed by atoms with Crippen molar-refractivity contribution in [2.45, 2.75) is 6.54 Å². The Labute approximate surface area is 182 Å². The molecule has 0 radical (unpaired) electrons. The van der Waals surface area contributed by atoms with E-state index in [0.29, 0.717) is 39.3 Å². The van der Waals surface area contributed by atoms with E-state index in [1.165, 1.54) is 21.1 Å². The Morgan fingerprint density at radius 2 is 1.90 bits per heavy atom. The van der Waals surface area contributed by atoms with Gasteiger partial charge in [0.1, 0.15) is 15.8 Å². The molecule has 0 saturated carbocycles. The highest BCUT2D eigenvalue weighted by atomic mass is 32.2. The highest BCUT2D eigenvalue weighted by Crippen LogP contribution is 2.32. The zero-order valence-electron chi connectivity index (χ0n) is 15.9. The van der Waals surface area contributed by atoms with Gasteiger partial charge in [0.05, 0.1) is 10.5 Å². The lowest BCUT2D eigenvalue weighted by atomic mass is 10.2. The summed E-state index contributed by atoms with van der Waals surface area (Å²) >= 11 is 6.47. The zero-order valence-corrected chi connectivity index (χ0v) is 17.6. The van der Waals surface area contributed by atoms with Gasteiger partial charge >= 0.3 is 0 Å². The summed E-state index contributed by atoms with van der Waals surface area (Å²) in [7, 11) is 0. The molecule has 8 heteroatoms. The van der Waals surface area contributed by atoms with E-state index >= 15 is 0 Å². The minimum atomic E-state index is -0.259. The predicted molar refractivity (Wildman–Crippen MR) is 125 cm³/mol. The van der Waals surface area contributed by atoms with Gasteiger partial charge in [0.15, 0.2) is 0 Å². The highest BCUT2D eigenvalue weighted by Gasteiger charge is 2.31. The standard InChI is InChI=1S/C22H18N4O2S2/c1-2-11-26-21(28)17(30-22(26)29)13-16-19(23-14-15-8-4-3-5-9-15)24-18-10-6-7-12-25(18)20(16)27/h2-10,12-13,23H,1,11,14H2/b17-13-. The van der Waals surface area contributed by atoms with Crippen LogP contribution < -0.4 is 10.9 Å². The zero-order chi connectivity index (χ0) is 21.1. The van der Waals surface area contributed by atoms with E-state index in [-0.39, 0.29) is 11.5 Å². The van der Waals surface area contributed by atoms with E-state index in [2.05, 4.69) is 16.9 Å². The van der Waals surface area contributed by atoms with Crippen LogP contribution in [0.1, 0.15) is 11.1 Å². The Kier molecular flexibility index (Phi) is 5.78. The second-order valence-corrected chi connectivity index (χ2v) is 8.20. The number of pyridine rings is 1. The van der Waals surface area contributed by atoms with Gasteiger partial charge < -0.3 is 5.32 Å². The van der Waals surface area contributed by atoms with Crippen molar-refractivity contribution in [3.05, 3.63) is 93.8 Å². The molecule has 1 aliphatic rings. The molecule has 0 spiro atoms. The van der Waals surface area contributed by atoms with Crippen LogP contribution in [0.3, 0.4) is 0 Å². The number of aromatic nitrogens is 2. The molecule has 0 bridgehead atoms. The number of anilines is 1. The highest BCUT2D eigenvalue weighted by molar-refractivity contribution is 8.26.